The number of methoxy groups -OCH3 is 1. The van der Waals surface area contributed by atoms with Gasteiger partial charge in [0.2, 0.25) is 0 Å². The lowest BCUT2D eigenvalue weighted by molar-refractivity contribution is 0.0945. The average molecular weight is 349 g/mol. The minimum atomic E-state index is -0.274. The standard InChI is InChI=1S/C19H19N5O2/c1-26-16-7-5-14(6-8-16)10-24-19(25)17-12-23-18(13-21-17)22-11-15-4-2-3-9-20-15/h2-9,12-13H,10-11H2,1H3,(H,22,23)(H,24,25). The van der Waals surface area contributed by atoms with Crippen LogP contribution < -0.4 is 15.4 Å². The largest absolute Gasteiger partial charge is 0.497 e. The molecule has 7 nitrogen and oxygen atoms in total. The van der Waals surface area contributed by atoms with Crippen LogP contribution in [0.15, 0.2) is 61.1 Å². The number of amides is 1. The van der Waals surface area contributed by atoms with Gasteiger partial charge in [-0.15, -0.1) is 0 Å². The Morgan fingerprint density at radius 2 is 1.85 bits per heavy atom. The second kappa shape index (κ2) is 8.57. The first-order valence-corrected chi connectivity index (χ1v) is 8.11. The summed E-state index contributed by atoms with van der Waals surface area (Å²) in [5, 5.41) is 5.93. The van der Waals surface area contributed by atoms with E-state index in [9.17, 15) is 4.79 Å². The molecule has 0 aliphatic heterocycles. The molecule has 2 heterocycles. The molecule has 0 saturated heterocycles. The highest BCUT2D eigenvalue weighted by Gasteiger charge is 2.08. The van der Waals surface area contributed by atoms with E-state index in [1.165, 1.54) is 12.4 Å². The maximum Gasteiger partial charge on any atom is 0.271 e. The van der Waals surface area contributed by atoms with Crippen LogP contribution in [0.4, 0.5) is 5.82 Å². The summed E-state index contributed by atoms with van der Waals surface area (Å²) in [5.74, 6) is 1.09. The summed E-state index contributed by atoms with van der Waals surface area (Å²) in [7, 11) is 1.62. The van der Waals surface area contributed by atoms with Crippen molar-refractivity contribution in [1.29, 1.82) is 0 Å². The van der Waals surface area contributed by atoms with E-state index in [0.29, 0.717) is 18.9 Å². The van der Waals surface area contributed by atoms with E-state index in [-0.39, 0.29) is 11.6 Å². The van der Waals surface area contributed by atoms with Crippen molar-refractivity contribution in [3.63, 3.8) is 0 Å². The van der Waals surface area contributed by atoms with Gasteiger partial charge in [0.25, 0.3) is 5.91 Å². The molecule has 26 heavy (non-hydrogen) atoms. The summed E-state index contributed by atoms with van der Waals surface area (Å²) in [6, 6.07) is 13.2. The van der Waals surface area contributed by atoms with Crippen molar-refractivity contribution in [1.82, 2.24) is 20.3 Å². The van der Waals surface area contributed by atoms with Crippen LogP contribution in [-0.2, 0) is 13.1 Å². The molecule has 3 rings (SSSR count). The molecule has 2 aromatic heterocycles. The zero-order chi connectivity index (χ0) is 18.2. The first kappa shape index (κ1) is 17.3. The lowest BCUT2D eigenvalue weighted by atomic mass is 10.2. The molecule has 2 N–H and O–H groups in total. The fourth-order valence-corrected chi connectivity index (χ4v) is 2.24. The van der Waals surface area contributed by atoms with Crippen LogP contribution in [0.5, 0.6) is 5.75 Å². The zero-order valence-corrected chi connectivity index (χ0v) is 14.3. The molecule has 0 fully saturated rings. The van der Waals surface area contributed by atoms with Gasteiger partial charge in [-0.2, -0.15) is 0 Å². The van der Waals surface area contributed by atoms with Gasteiger partial charge in [0.15, 0.2) is 0 Å². The van der Waals surface area contributed by atoms with Gasteiger partial charge < -0.3 is 15.4 Å². The Balaban J connectivity index is 1.51. The third kappa shape index (κ3) is 4.76. The number of carbonyl (C=O) groups is 1. The van der Waals surface area contributed by atoms with Crippen LogP contribution in [0.25, 0.3) is 0 Å². The Morgan fingerprint density at radius 1 is 1.00 bits per heavy atom. The Bertz CT molecular complexity index is 836. The highest BCUT2D eigenvalue weighted by Crippen LogP contribution is 2.11. The first-order valence-electron chi connectivity index (χ1n) is 8.11. The molecular formula is C19H19N5O2. The van der Waals surface area contributed by atoms with E-state index in [1.807, 2.05) is 42.5 Å². The molecule has 3 aromatic rings. The number of benzene rings is 1. The van der Waals surface area contributed by atoms with Crippen molar-refractivity contribution in [3.05, 3.63) is 78.0 Å². The number of ether oxygens (including phenoxy) is 1. The van der Waals surface area contributed by atoms with Crippen molar-refractivity contribution < 1.29 is 9.53 Å². The van der Waals surface area contributed by atoms with E-state index < -0.39 is 0 Å². The molecule has 0 saturated carbocycles. The Hall–Kier alpha value is -3.48. The molecule has 0 unspecified atom stereocenters. The van der Waals surface area contributed by atoms with E-state index in [4.69, 9.17) is 4.74 Å². The molecule has 7 heteroatoms. The third-order valence-electron chi connectivity index (χ3n) is 3.67. The SMILES string of the molecule is COc1ccc(CNC(=O)c2cnc(NCc3ccccn3)cn2)cc1. The highest BCUT2D eigenvalue weighted by molar-refractivity contribution is 5.91. The molecule has 1 aromatic carbocycles. The minimum absolute atomic E-state index is 0.266. The van der Waals surface area contributed by atoms with Gasteiger partial charge in [0.05, 0.1) is 31.7 Å². The maximum absolute atomic E-state index is 12.2. The van der Waals surface area contributed by atoms with Gasteiger partial charge in [-0.1, -0.05) is 18.2 Å². The monoisotopic (exact) mass is 349 g/mol. The van der Waals surface area contributed by atoms with Crippen molar-refractivity contribution in [2.45, 2.75) is 13.1 Å². The van der Waals surface area contributed by atoms with Crippen molar-refractivity contribution in [2.24, 2.45) is 0 Å². The predicted molar refractivity (Wildman–Crippen MR) is 97.8 cm³/mol. The number of rotatable bonds is 7. The number of nitrogens with one attached hydrogen (secondary N) is 2. The van der Waals surface area contributed by atoms with Gasteiger partial charge >= 0.3 is 0 Å². The number of carbonyl (C=O) groups excluding carboxylic acids is 1. The Labute approximate surface area is 151 Å². The smallest absolute Gasteiger partial charge is 0.271 e. The van der Waals surface area contributed by atoms with Crippen LogP contribution in [0.3, 0.4) is 0 Å². The molecule has 0 bridgehead atoms. The Kier molecular flexibility index (Phi) is 5.72. The van der Waals surface area contributed by atoms with Crippen LogP contribution in [0, 0.1) is 0 Å². The quantitative estimate of drug-likeness (QED) is 0.681. The predicted octanol–water partition coefficient (Wildman–Crippen LogP) is 2.42. The fourth-order valence-electron chi connectivity index (χ4n) is 2.24. The van der Waals surface area contributed by atoms with Crippen molar-refractivity contribution >= 4 is 11.7 Å². The Morgan fingerprint density at radius 3 is 2.50 bits per heavy atom. The maximum atomic E-state index is 12.2. The third-order valence-corrected chi connectivity index (χ3v) is 3.67. The summed E-state index contributed by atoms with van der Waals surface area (Å²) in [6.07, 6.45) is 4.72. The summed E-state index contributed by atoms with van der Waals surface area (Å²) in [6.45, 7) is 0.947. The number of pyridine rings is 1. The topological polar surface area (TPSA) is 89.0 Å². The molecule has 132 valence electrons. The van der Waals surface area contributed by atoms with Gasteiger partial charge in [-0.25, -0.2) is 9.97 Å². The summed E-state index contributed by atoms with van der Waals surface area (Å²) in [5.41, 5.74) is 2.14. The second-order valence-electron chi connectivity index (χ2n) is 5.49. The summed E-state index contributed by atoms with van der Waals surface area (Å²) in [4.78, 5) is 24.8. The van der Waals surface area contributed by atoms with Gasteiger partial charge in [-0.05, 0) is 29.8 Å². The second-order valence-corrected chi connectivity index (χ2v) is 5.49. The highest BCUT2D eigenvalue weighted by atomic mass is 16.5. The fraction of sp³-hybridized carbons (Fsp3) is 0.158. The van der Waals surface area contributed by atoms with Gasteiger partial charge in [0, 0.05) is 12.7 Å². The molecule has 0 aliphatic carbocycles. The van der Waals surface area contributed by atoms with E-state index >= 15 is 0 Å². The van der Waals surface area contributed by atoms with E-state index in [2.05, 4.69) is 25.6 Å². The van der Waals surface area contributed by atoms with E-state index in [0.717, 1.165) is 17.0 Å². The number of aromatic nitrogens is 3. The molecule has 0 atom stereocenters. The molecular weight excluding hydrogens is 330 g/mol. The van der Waals surface area contributed by atoms with Crippen LogP contribution in [-0.4, -0.2) is 28.0 Å². The molecule has 1 amide bonds. The minimum Gasteiger partial charge on any atom is -0.497 e. The van der Waals surface area contributed by atoms with E-state index in [1.54, 1.807) is 13.3 Å². The normalized spacial score (nSPS) is 10.2. The summed E-state index contributed by atoms with van der Waals surface area (Å²) >= 11 is 0. The number of nitrogens with zero attached hydrogens (tertiary/aromatic N) is 3. The van der Waals surface area contributed by atoms with Gasteiger partial charge in [-0.3, -0.25) is 9.78 Å². The van der Waals surface area contributed by atoms with Gasteiger partial charge in [0.1, 0.15) is 17.3 Å². The first-order chi connectivity index (χ1) is 12.7. The molecule has 0 spiro atoms. The lowest BCUT2D eigenvalue weighted by Gasteiger charge is -2.07. The zero-order valence-electron chi connectivity index (χ0n) is 14.3. The van der Waals surface area contributed by atoms with Crippen LogP contribution in [0.2, 0.25) is 0 Å². The van der Waals surface area contributed by atoms with Crippen molar-refractivity contribution in [3.8, 4) is 5.75 Å². The molecule has 0 aliphatic rings. The number of hydrogen-bond donors (Lipinski definition) is 2. The average Bonchev–Trinajstić information content (AvgIpc) is 2.72. The van der Waals surface area contributed by atoms with Crippen molar-refractivity contribution in [2.75, 3.05) is 12.4 Å². The van der Waals surface area contributed by atoms with Crippen LogP contribution in [0.1, 0.15) is 21.7 Å². The number of anilines is 1. The lowest BCUT2D eigenvalue weighted by Crippen LogP contribution is -2.24. The molecule has 0 radical (unpaired) electrons. The summed E-state index contributed by atoms with van der Waals surface area (Å²) < 4.78 is 5.11. The number of hydrogen-bond acceptors (Lipinski definition) is 6. The van der Waals surface area contributed by atoms with Crippen LogP contribution >= 0.6 is 0 Å².